The van der Waals surface area contributed by atoms with Crippen molar-refractivity contribution in [3.63, 3.8) is 0 Å². The third kappa shape index (κ3) is 13.8. The average Bonchev–Trinajstić information content (AvgIpc) is 3.15. The minimum atomic E-state index is 0. The van der Waals surface area contributed by atoms with Crippen molar-refractivity contribution < 1.29 is 49.9 Å². The maximum absolute atomic E-state index is 7.50. The zero-order chi connectivity index (χ0) is 26.8. The maximum atomic E-state index is 7.50. The monoisotopic (exact) mass is 509 g/mol. The quantitative estimate of drug-likeness (QED) is 0.338. The van der Waals surface area contributed by atoms with Gasteiger partial charge in [-0.15, -0.1) is 18.2 Å². The van der Waals surface area contributed by atoms with E-state index in [1.807, 2.05) is 6.07 Å². The van der Waals surface area contributed by atoms with Crippen molar-refractivity contribution in [1.29, 1.82) is 0 Å². The molecular weight excluding hydrogens is 486 g/mol. The van der Waals surface area contributed by atoms with Gasteiger partial charge in [0.2, 0.25) is 0 Å². The molecular formula is C27H23CrNO6. The first-order valence-electron chi connectivity index (χ1n) is 9.45. The Labute approximate surface area is 217 Å². The predicted octanol–water partition coefficient (Wildman–Crippen LogP) is 4.46. The van der Waals surface area contributed by atoms with Crippen molar-refractivity contribution in [3.8, 4) is 0 Å². The van der Waals surface area contributed by atoms with Crippen molar-refractivity contribution in [2.45, 2.75) is 19.3 Å². The zero-order valence-electron chi connectivity index (χ0n) is 19.2. The molecule has 0 radical (unpaired) electrons. The van der Waals surface area contributed by atoms with Crippen LogP contribution in [-0.2, 0) is 45.4 Å². The zero-order valence-corrected chi connectivity index (χ0v) is 20.5. The maximum Gasteiger partial charge on any atom is 0 e. The van der Waals surface area contributed by atoms with Crippen LogP contribution in [0, 0.1) is 39.3 Å². The third-order valence-corrected chi connectivity index (χ3v) is 4.17. The molecule has 1 unspecified atom stereocenters. The van der Waals surface area contributed by atoms with E-state index in [1.54, 1.807) is 7.11 Å². The fourth-order valence-electron chi connectivity index (χ4n) is 3.01. The van der Waals surface area contributed by atoms with E-state index in [2.05, 4.69) is 118 Å². The number of hydrogen-bond donors (Lipinski definition) is 0. The van der Waals surface area contributed by atoms with Crippen LogP contribution in [0.3, 0.4) is 0 Å². The molecule has 178 valence electrons. The van der Waals surface area contributed by atoms with Crippen LogP contribution in [0.1, 0.15) is 30.4 Å². The van der Waals surface area contributed by atoms with Crippen molar-refractivity contribution >= 4 is 11.5 Å². The van der Waals surface area contributed by atoms with E-state index in [0.29, 0.717) is 0 Å². The summed E-state index contributed by atoms with van der Waals surface area (Å²) in [5.41, 5.74) is 3.56. The number of benzene rings is 2. The average molecular weight is 509 g/mol. The molecule has 1 heterocycles. The molecule has 3 rings (SSSR count). The van der Waals surface area contributed by atoms with Gasteiger partial charge in [-0.05, 0) is 11.6 Å². The standard InChI is InChI=1S/C22H23NO.5CO.Cr/c1-3-15-23-16-14-20(18-10-6-4-7-11-18)21(17-22(23)24-2)19-12-8-5-9-13-19;5*1-2;/h4-14,16,20H,3,15H2,1-2H3;;;;;;. The molecule has 0 spiro atoms. The molecule has 0 aromatic heterocycles. The number of hydrogen-bond acceptors (Lipinski definition) is 1. The molecule has 1 aliphatic rings. The van der Waals surface area contributed by atoms with E-state index < -0.39 is 0 Å². The second kappa shape index (κ2) is 28.7. The first-order chi connectivity index (χ1) is 16.8. The van der Waals surface area contributed by atoms with E-state index in [9.17, 15) is 0 Å². The van der Waals surface area contributed by atoms with Gasteiger partial charge in [-0.2, -0.15) is 15.7 Å². The normalized spacial score (nSPS) is 12.2. The van der Waals surface area contributed by atoms with E-state index in [-0.39, 0.29) is 23.3 Å². The summed E-state index contributed by atoms with van der Waals surface area (Å²) in [6, 6.07) is 21.0. The second-order valence-corrected chi connectivity index (χ2v) is 5.84. The Hall–Kier alpha value is -3.38. The second-order valence-electron chi connectivity index (χ2n) is 5.84. The van der Waals surface area contributed by atoms with Crippen LogP contribution in [0.2, 0.25) is 0 Å². The number of nitrogens with zero attached hydrogens (tertiary/aromatic N) is 1. The summed E-state index contributed by atoms with van der Waals surface area (Å²) in [7, 11) is 1.71. The summed E-state index contributed by atoms with van der Waals surface area (Å²) < 4.78 is 45.3. The van der Waals surface area contributed by atoms with Crippen molar-refractivity contribution in [2.24, 2.45) is 0 Å². The van der Waals surface area contributed by atoms with Gasteiger partial charge < -0.3 is 4.74 Å². The molecule has 8 heteroatoms. The largest absolute Gasteiger partial charge is 0 e. The van der Waals surface area contributed by atoms with Crippen molar-refractivity contribution in [2.75, 3.05) is 13.7 Å². The van der Waals surface area contributed by atoms with Crippen LogP contribution < -0.4 is 0 Å². The molecule has 2 aromatic rings. The molecule has 0 saturated heterocycles. The molecule has 0 fully saturated rings. The van der Waals surface area contributed by atoms with Crippen LogP contribution in [0.25, 0.3) is 5.57 Å². The van der Waals surface area contributed by atoms with Gasteiger partial charge in [0, 0.05) is 29.7 Å². The number of allylic oxidation sites excluding steroid dienone is 2. The smallest absolute Gasteiger partial charge is 0 e. The predicted molar refractivity (Wildman–Crippen MR) is 118 cm³/mol. The van der Waals surface area contributed by atoms with Crippen LogP contribution in [0.5, 0.6) is 0 Å². The molecule has 1 atom stereocenters. The van der Waals surface area contributed by atoms with Gasteiger partial charge in [-0.1, -0.05) is 55.5 Å². The van der Waals surface area contributed by atoms with Crippen LogP contribution in [-0.4, -0.2) is 24.1 Å². The minimum absolute atomic E-state index is 0. The molecule has 35 heavy (non-hydrogen) atoms. The molecule has 0 aliphatic carbocycles. The van der Waals surface area contributed by atoms with Crippen molar-refractivity contribution in [3.05, 3.63) is 123 Å². The minimum Gasteiger partial charge on any atom is 0 e. The molecule has 0 N–H and O–H groups in total. The molecule has 0 amide bonds. The van der Waals surface area contributed by atoms with E-state index in [1.165, 1.54) is 11.1 Å². The summed E-state index contributed by atoms with van der Waals surface area (Å²) in [4.78, 5) is 0. The molecule has 1 aliphatic heterocycles. The molecule has 0 bridgehead atoms. The van der Waals surface area contributed by atoms with Crippen LogP contribution in [0.4, 0.5) is 0 Å². The van der Waals surface area contributed by atoms with E-state index >= 15 is 0 Å². The fraction of sp³-hybridized carbons (Fsp3) is 0.185. The Morgan fingerprint density at radius 1 is 0.800 bits per heavy atom. The van der Waals surface area contributed by atoms with Gasteiger partial charge in [0.25, 0.3) is 5.90 Å². The number of rotatable bonds is 4. The van der Waals surface area contributed by atoms with Crippen LogP contribution in [0.15, 0.2) is 72.9 Å². The fourth-order valence-corrected chi connectivity index (χ4v) is 3.01. The van der Waals surface area contributed by atoms with Crippen molar-refractivity contribution in [1.82, 2.24) is 0 Å². The van der Waals surface area contributed by atoms with Gasteiger partial charge in [0.1, 0.15) is 6.54 Å². The SMILES string of the molecule is CCC[N+]1=C(OC)[C-]=C(c2ccccc2)C(c2ccccc2)C=C1.[C-]#[O+].[C-]#[O+].[C-]#[O+].[C-]#[O+].[C-]#[O+].[Cr]. The van der Waals surface area contributed by atoms with E-state index in [0.717, 1.165) is 24.4 Å². The molecule has 7 nitrogen and oxygen atoms in total. The molecule has 2 aromatic carbocycles. The summed E-state index contributed by atoms with van der Waals surface area (Å²) in [5, 5.41) is 0. The van der Waals surface area contributed by atoms with Gasteiger partial charge >= 0.3 is 56.5 Å². The Morgan fingerprint density at radius 2 is 1.26 bits per heavy atom. The van der Waals surface area contributed by atoms with Gasteiger partial charge in [-0.25, -0.2) is 0 Å². The topological polar surface area (TPSA) is 112 Å². The summed E-state index contributed by atoms with van der Waals surface area (Å²) >= 11 is 0. The Bertz CT molecular complexity index is 952. The Morgan fingerprint density at radius 3 is 1.69 bits per heavy atom. The number of methoxy groups -OCH3 is 1. The summed E-state index contributed by atoms with van der Waals surface area (Å²) in [5.74, 6) is 0.922. The summed E-state index contributed by atoms with van der Waals surface area (Å²) in [6.07, 6.45) is 8.96. The molecule has 0 saturated carbocycles. The van der Waals surface area contributed by atoms with E-state index in [4.69, 9.17) is 28.0 Å². The Kier molecular flexibility index (Phi) is 31.8. The first kappa shape index (κ1) is 38.9. The number of ether oxygens (including phenoxy) is 1. The van der Waals surface area contributed by atoms with Gasteiger partial charge in [0.05, 0.1) is 7.11 Å². The van der Waals surface area contributed by atoms with Gasteiger partial charge in [-0.3, -0.25) is 0 Å². The Balaban J connectivity index is -0.000000390. The van der Waals surface area contributed by atoms with Gasteiger partial charge in [0.15, 0.2) is 6.20 Å². The third-order valence-electron chi connectivity index (χ3n) is 4.17. The van der Waals surface area contributed by atoms with Crippen LogP contribution >= 0.6 is 0 Å². The summed E-state index contributed by atoms with van der Waals surface area (Å²) in [6.45, 7) is 25.6. The first-order valence-corrected chi connectivity index (χ1v) is 9.45.